The molecule has 3 rings (SSSR count). The molecule has 0 aromatic carbocycles. The molecule has 1 aliphatic carbocycles. The van der Waals surface area contributed by atoms with Gasteiger partial charge in [0.2, 0.25) is 0 Å². The fraction of sp³-hybridized carbons (Fsp3) is 1.00. The van der Waals surface area contributed by atoms with Crippen LogP contribution in [0.15, 0.2) is 0 Å². The second-order valence-electron chi connectivity index (χ2n) is 6.20. The average Bonchev–Trinajstić information content (AvgIpc) is 2.89. The minimum Gasteiger partial charge on any atom is -0.314 e. The van der Waals surface area contributed by atoms with E-state index in [0.29, 0.717) is 0 Å². The summed E-state index contributed by atoms with van der Waals surface area (Å²) in [5.41, 5.74) is 0. The Balaban J connectivity index is 1.35. The summed E-state index contributed by atoms with van der Waals surface area (Å²) in [5.74, 6) is 1.01. The zero-order chi connectivity index (χ0) is 10.8. The zero-order valence-electron chi connectivity index (χ0n) is 10.4. The van der Waals surface area contributed by atoms with E-state index >= 15 is 0 Å². The maximum atomic E-state index is 3.76. The van der Waals surface area contributed by atoms with Crippen LogP contribution in [0.4, 0.5) is 0 Å². The van der Waals surface area contributed by atoms with Crippen LogP contribution in [-0.4, -0.2) is 24.7 Å². The average molecular weight is 222 g/mol. The summed E-state index contributed by atoms with van der Waals surface area (Å²) in [6.07, 6.45) is 13.0. The van der Waals surface area contributed by atoms with E-state index < -0.39 is 0 Å². The van der Waals surface area contributed by atoms with Crippen molar-refractivity contribution >= 4 is 0 Å². The first-order chi connectivity index (χ1) is 7.90. The van der Waals surface area contributed by atoms with Crippen molar-refractivity contribution in [3.8, 4) is 0 Å². The monoisotopic (exact) mass is 222 g/mol. The van der Waals surface area contributed by atoms with E-state index in [1.54, 1.807) is 0 Å². The standard InChI is InChI=1S/C14H26N2/c1-2-4-12(3-1)15-8-7-11-9-13-5-6-14(10-11)16-13/h11-16H,1-10H2. The van der Waals surface area contributed by atoms with Gasteiger partial charge in [-0.3, -0.25) is 0 Å². The molecule has 2 N–H and O–H groups in total. The SMILES string of the molecule is C1CCC(NCCC2CC3CCC(C2)N3)C1. The van der Waals surface area contributed by atoms with E-state index in [1.807, 2.05) is 0 Å². The number of rotatable bonds is 4. The van der Waals surface area contributed by atoms with Crippen molar-refractivity contribution < 1.29 is 0 Å². The van der Waals surface area contributed by atoms with Gasteiger partial charge < -0.3 is 10.6 Å². The Morgan fingerprint density at radius 3 is 2.31 bits per heavy atom. The second-order valence-corrected chi connectivity index (χ2v) is 6.20. The number of hydrogen-bond donors (Lipinski definition) is 2. The van der Waals surface area contributed by atoms with E-state index in [2.05, 4.69) is 10.6 Å². The lowest BCUT2D eigenvalue weighted by molar-refractivity contribution is 0.280. The molecule has 92 valence electrons. The predicted octanol–water partition coefficient (Wildman–Crippen LogP) is 2.44. The number of fused-ring (bicyclic) bond motifs is 2. The van der Waals surface area contributed by atoms with Crippen molar-refractivity contribution in [1.29, 1.82) is 0 Å². The van der Waals surface area contributed by atoms with E-state index in [-0.39, 0.29) is 0 Å². The lowest BCUT2D eigenvalue weighted by atomic mass is 9.89. The van der Waals surface area contributed by atoms with Gasteiger partial charge in [-0.05, 0) is 57.4 Å². The molecule has 0 aromatic rings. The van der Waals surface area contributed by atoms with Crippen LogP contribution < -0.4 is 10.6 Å². The lowest BCUT2D eigenvalue weighted by Crippen LogP contribution is -2.39. The van der Waals surface area contributed by atoms with Gasteiger partial charge in [0, 0.05) is 18.1 Å². The van der Waals surface area contributed by atoms with Gasteiger partial charge in [0.05, 0.1) is 0 Å². The molecule has 2 nitrogen and oxygen atoms in total. The van der Waals surface area contributed by atoms with Crippen molar-refractivity contribution in [1.82, 2.24) is 10.6 Å². The van der Waals surface area contributed by atoms with Gasteiger partial charge >= 0.3 is 0 Å². The van der Waals surface area contributed by atoms with Crippen LogP contribution in [0, 0.1) is 5.92 Å². The third-order valence-electron chi connectivity index (χ3n) is 4.91. The Kier molecular flexibility index (Phi) is 3.49. The maximum Gasteiger partial charge on any atom is 0.00728 e. The molecule has 2 unspecified atom stereocenters. The highest BCUT2D eigenvalue weighted by molar-refractivity contribution is 4.92. The highest BCUT2D eigenvalue weighted by atomic mass is 15.0. The fourth-order valence-electron chi connectivity index (χ4n) is 4.03. The van der Waals surface area contributed by atoms with Crippen molar-refractivity contribution in [2.24, 2.45) is 5.92 Å². The lowest BCUT2D eigenvalue weighted by Gasteiger charge is -2.29. The van der Waals surface area contributed by atoms with Gasteiger partial charge in [-0.2, -0.15) is 0 Å². The van der Waals surface area contributed by atoms with Crippen LogP contribution in [0.3, 0.4) is 0 Å². The smallest absolute Gasteiger partial charge is 0.00728 e. The molecular weight excluding hydrogens is 196 g/mol. The first-order valence-corrected chi connectivity index (χ1v) is 7.39. The Labute approximate surface area is 99.6 Å². The van der Waals surface area contributed by atoms with Crippen LogP contribution in [0.25, 0.3) is 0 Å². The fourth-order valence-corrected chi connectivity index (χ4v) is 4.03. The highest BCUT2D eigenvalue weighted by Crippen LogP contribution is 2.32. The summed E-state index contributed by atoms with van der Waals surface area (Å²) in [6, 6.07) is 2.60. The molecule has 3 aliphatic rings. The van der Waals surface area contributed by atoms with Crippen molar-refractivity contribution in [2.75, 3.05) is 6.54 Å². The van der Waals surface area contributed by atoms with Crippen LogP contribution in [0.2, 0.25) is 0 Å². The van der Waals surface area contributed by atoms with E-state index in [1.165, 1.54) is 64.3 Å². The van der Waals surface area contributed by atoms with Gasteiger partial charge in [0.1, 0.15) is 0 Å². The molecular formula is C14H26N2. The predicted molar refractivity (Wildman–Crippen MR) is 67.5 cm³/mol. The largest absolute Gasteiger partial charge is 0.314 e. The topological polar surface area (TPSA) is 24.1 Å². The van der Waals surface area contributed by atoms with Gasteiger partial charge in [-0.15, -0.1) is 0 Å². The van der Waals surface area contributed by atoms with Gasteiger partial charge in [-0.25, -0.2) is 0 Å². The molecule has 0 aromatic heterocycles. The van der Waals surface area contributed by atoms with Crippen LogP contribution in [-0.2, 0) is 0 Å². The molecule has 2 heteroatoms. The van der Waals surface area contributed by atoms with Crippen LogP contribution >= 0.6 is 0 Å². The minimum absolute atomic E-state index is 0.860. The number of nitrogens with one attached hydrogen (secondary N) is 2. The molecule has 2 heterocycles. The summed E-state index contributed by atoms with van der Waals surface area (Å²) < 4.78 is 0. The molecule has 1 saturated carbocycles. The van der Waals surface area contributed by atoms with Crippen molar-refractivity contribution in [3.05, 3.63) is 0 Å². The van der Waals surface area contributed by atoms with E-state index in [9.17, 15) is 0 Å². The van der Waals surface area contributed by atoms with Gasteiger partial charge in [0.25, 0.3) is 0 Å². The van der Waals surface area contributed by atoms with Crippen molar-refractivity contribution in [3.63, 3.8) is 0 Å². The zero-order valence-corrected chi connectivity index (χ0v) is 10.4. The molecule has 16 heavy (non-hydrogen) atoms. The molecule has 2 saturated heterocycles. The summed E-state index contributed by atoms with van der Waals surface area (Å²) in [6.45, 7) is 1.27. The van der Waals surface area contributed by atoms with Crippen LogP contribution in [0.1, 0.15) is 57.8 Å². The first-order valence-electron chi connectivity index (χ1n) is 7.39. The Morgan fingerprint density at radius 1 is 0.938 bits per heavy atom. The summed E-state index contributed by atoms with van der Waals surface area (Å²) in [4.78, 5) is 0. The van der Waals surface area contributed by atoms with Gasteiger partial charge in [0.15, 0.2) is 0 Å². The van der Waals surface area contributed by atoms with E-state index in [4.69, 9.17) is 0 Å². The van der Waals surface area contributed by atoms with Crippen molar-refractivity contribution in [2.45, 2.75) is 75.9 Å². The molecule has 2 bridgehead atoms. The normalized spacial score (nSPS) is 39.4. The summed E-state index contributed by atoms with van der Waals surface area (Å²) >= 11 is 0. The first kappa shape index (κ1) is 11.0. The minimum atomic E-state index is 0.860. The molecule has 0 radical (unpaired) electrons. The Bertz CT molecular complexity index is 211. The summed E-state index contributed by atoms with van der Waals surface area (Å²) in [5, 5.41) is 7.49. The molecule has 2 atom stereocenters. The second kappa shape index (κ2) is 5.05. The van der Waals surface area contributed by atoms with E-state index in [0.717, 1.165) is 24.0 Å². The Hall–Kier alpha value is -0.0800. The van der Waals surface area contributed by atoms with Crippen LogP contribution in [0.5, 0.6) is 0 Å². The highest BCUT2D eigenvalue weighted by Gasteiger charge is 2.32. The number of hydrogen-bond acceptors (Lipinski definition) is 2. The van der Waals surface area contributed by atoms with Gasteiger partial charge in [-0.1, -0.05) is 12.8 Å². The quantitative estimate of drug-likeness (QED) is 0.763. The summed E-state index contributed by atoms with van der Waals surface area (Å²) in [7, 11) is 0. The molecule has 0 spiro atoms. The third kappa shape index (κ3) is 2.60. The third-order valence-corrected chi connectivity index (χ3v) is 4.91. The Morgan fingerprint density at radius 2 is 1.62 bits per heavy atom. The molecule has 3 fully saturated rings. The molecule has 2 aliphatic heterocycles. The molecule has 0 amide bonds. The maximum absolute atomic E-state index is 3.76. The number of piperidine rings is 1.